The van der Waals surface area contributed by atoms with E-state index in [1.807, 2.05) is 32.0 Å². The van der Waals surface area contributed by atoms with E-state index in [1.165, 1.54) is 17.8 Å². The number of sulfonamides is 1. The van der Waals surface area contributed by atoms with E-state index in [0.717, 1.165) is 21.4 Å². The Morgan fingerprint density at radius 1 is 1.14 bits per heavy atom. The van der Waals surface area contributed by atoms with Crippen LogP contribution in [0.25, 0.3) is 11.3 Å². The standard InChI is InChI=1S/C24H30N6O4S/c1-14-8-7-9-15(2)21(14)17-10-19-27-23(26-17)29-35(32,33)20-11-18(28-30(20)6)22(31)25-16(13-34-19)12-24(3,4)5/h7-11,16H,12-13H2,1-6H3,(H,25,31)(H,26,27,29)/p+1/t16-/m1/s1. The van der Waals surface area contributed by atoms with Gasteiger partial charge < -0.3 is 10.1 Å². The number of hydrogen-bond donors (Lipinski definition) is 2. The first-order valence-electron chi connectivity index (χ1n) is 11.4. The average Bonchev–Trinajstić information content (AvgIpc) is 3.13. The van der Waals surface area contributed by atoms with Crippen molar-refractivity contribution in [3.8, 4) is 17.1 Å². The van der Waals surface area contributed by atoms with Gasteiger partial charge in [0.15, 0.2) is 5.69 Å². The van der Waals surface area contributed by atoms with Gasteiger partial charge in [-0.3, -0.25) is 9.48 Å². The molecule has 0 radical (unpaired) electrons. The van der Waals surface area contributed by atoms with Crippen LogP contribution in [0.2, 0.25) is 0 Å². The molecule has 1 aliphatic rings. The molecule has 0 spiro atoms. The zero-order valence-corrected chi connectivity index (χ0v) is 21.6. The Bertz CT molecular complexity index is 1370. The summed E-state index contributed by atoms with van der Waals surface area (Å²) in [6.07, 6.45) is 0.630. The van der Waals surface area contributed by atoms with Crippen LogP contribution in [-0.4, -0.2) is 46.7 Å². The van der Waals surface area contributed by atoms with Crippen LogP contribution in [0.4, 0.5) is 5.95 Å². The van der Waals surface area contributed by atoms with E-state index in [-0.39, 0.29) is 40.6 Å². The Balaban J connectivity index is 1.86. The number of hydrogen-bond acceptors (Lipinski definition) is 7. The SMILES string of the molecule is Cc1cccc(C)c1-c1cc2nc(n1)[NH2+]S(=O)(=O)c1cc(nn1C)C(=O)N[C@H](CC(C)(C)C)CO2. The van der Waals surface area contributed by atoms with Crippen molar-refractivity contribution in [3.63, 3.8) is 0 Å². The molecule has 1 atom stereocenters. The molecule has 186 valence electrons. The number of aromatic nitrogens is 4. The highest BCUT2D eigenvalue weighted by atomic mass is 32.2. The number of ether oxygens (including phenoxy) is 1. The van der Waals surface area contributed by atoms with E-state index in [2.05, 4.69) is 41.2 Å². The van der Waals surface area contributed by atoms with Crippen LogP contribution >= 0.6 is 0 Å². The lowest BCUT2D eigenvalue weighted by Crippen LogP contribution is -2.82. The third-order valence-electron chi connectivity index (χ3n) is 5.71. The fraction of sp³-hybridized carbons (Fsp3) is 0.417. The quantitative estimate of drug-likeness (QED) is 0.551. The van der Waals surface area contributed by atoms with Gasteiger partial charge in [0.05, 0.1) is 11.7 Å². The first kappa shape index (κ1) is 24.8. The highest BCUT2D eigenvalue weighted by Crippen LogP contribution is 2.29. The second-order valence-corrected chi connectivity index (χ2v) is 11.9. The number of nitrogens with one attached hydrogen (secondary N) is 1. The lowest BCUT2D eigenvalue weighted by atomic mass is 9.88. The third kappa shape index (κ3) is 5.51. The van der Waals surface area contributed by atoms with E-state index in [0.29, 0.717) is 12.1 Å². The van der Waals surface area contributed by atoms with Crippen LogP contribution in [0.15, 0.2) is 35.4 Å². The van der Waals surface area contributed by atoms with E-state index < -0.39 is 15.9 Å². The number of nitrogens with two attached hydrogens (primary N) is 1. The summed E-state index contributed by atoms with van der Waals surface area (Å²) >= 11 is 0. The van der Waals surface area contributed by atoms with Crippen LogP contribution in [0.5, 0.6) is 5.88 Å². The monoisotopic (exact) mass is 499 g/mol. The normalized spacial score (nSPS) is 18.0. The van der Waals surface area contributed by atoms with Gasteiger partial charge in [-0.2, -0.15) is 23.2 Å². The second-order valence-electron chi connectivity index (χ2n) is 10.1. The molecule has 2 aromatic heterocycles. The highest BCUT2D eigenvalue weighted by Gasteiger charge is 2.30. The molecule has 0 saturated heterocycles. The molecule has 10 nitrogen and oxygen atoms in total. The molecule has 4 bridgehead atoms. The van der Waals surface area contributed by atoms with Crippen molar-refractivity contribution in [2.45, 2.75) is 52.1 Å². The minimum absolute atomic E-state index is 0.00573. The number of carbonyl (C=O) groups is 1. The van der Waals surface area contributed by atoms with Gasteiger partial charge in [-0.15, -0.1) is 4.98 Å². The maximum atomic E-state index is 13.2. The maximum Gasteiger partial charge on any atom is 0.348 e. The third-order valence-corrected chi connectivity index (χ3v) is 7.19. The number of fused-ring (bicyclic) bond motifs is 4. The van der Waals surface area contributed by atoms with Gasteiger partial charge in [0.1, 0.15) is 6.61 Å². The molecule has 0 aliphatic carbocycles. The Labute approximate surface area is 205 Å². The number of rotatable bonds is 2. The predicted molar refractivity (Wildman–Crippen MR) is 130 cm³/mol. The van der Waals surface area contributed by atoms with Gasteiger partial charge in [-0.25, -0.2) is 0 Å². The largest absolute Gasteiger partial charge is 0.475 e. The Hall–Kier alpha value is -3.31. The molecule has 0 unspecified atom stereocenters. The topological polar surface area (TPSA) is 133 Å². The van der Waals surface area contributed by atoms with E-state index >= 15 is 0 Å². The summed E-state index contributed by atoms with van der Waals surface area (Å²) in [4.78, 5) is 21.8. The summed E-state index contributed by atoms with van der Waals surface area (Å²) in [6, 6.07) is 8.52. The van der Waals surface area contributed by atoms with Crippen molar-refractivity contribution in [2.75, 3.05) is 6.61 Å². The maximum absolute atomic E-state index is 13.2. The predicted octanol–water partition coefficient (Wildman–Crippen LogP) is 2.00. The van der Waals surface area contributed by atoms with Crippen molar-refractivity contribution in [2.24, 2.45) is 12.5 Å². The van der Waals surface area contributed by atoms with E-state index in [4.69, 9.17) is 4.74 Å². The highest BCUT2D eigenvalue weighted by molar-refractivity contribution is 7.84. The fourth-order valence-electron chi connectivity index (χ4n) is 4.28. The van der Waals surface area contributed by atoms with Crippen LogP contribution in [0.1, 0.15) is 48.8 Å². The van der Waals surface area contributed by atoms with Crippen LogP contribution in [0, 0.1) is 19.3 Å². The molecule has 35 heavy (non-hydrogen) atoms. The number of carbonyl (C=O) groups excluding carboxylic acids is 1. The molecule has 0 fully saturated rings. The van der Waals surface area contributed by atoms with E-state index in [1.54, 1.807) is 6.07 Å². The average molecular weight is 500 g/mol. The molecule has 3 N–H and O–H groups in total. The Morgan fingerprint density at radius 2 is 1.83 bits per heavy atom. The zero-order valence-electron chi connectivity index (χ0n) is 20.8. The van der Waals surface area contributed by atoms with Crippen molar-refractivity contribution >= 4 is 21.9 Å². The molecule has 1 aliphatic heterocycles. The van der Waals surface area contributed by atoms with Gasteiger partial charge in [-0.1, -0.05) is 39.0 Å². The molecule has 4 rings (SSSR count). The smallest absolute Gasteiger partial charge is 0.348 e. The van der Waals surface area contributed by atoms with Gasteiger partial charge in [0.25, 0.3) is 5.91 Å². The van der Waals surface area contributed by atoms with Gasteiger partial charge in [0, 0.05) is 24.7 Å². The second kappa shape index (κ2) is 9.04. The molecule has 3 aromatic rings. The fourth-order valence-corrected chi connectivity index (χ4v) is 5.47. The van der Waals surface area contributed by atoms with Gasteiger partial charge >= 0.3 is 16.0 Å². The number of benzene rings is 1. The van der Waals surface area contributed by atoms with Crippen molar-refractivity contribution in [1.82, 2.24) is 25.1 Å². The number of primary sulfonamides is 1. The number of nitrogens with zero attached hydrogens (tertiary/aromatic N) is 4. The van der Waals surface area contributed by atoms with Crippen LogP contribution < -0.4 is 14.8 Å². The van der Waals surface area contributed by atoms with Crippen LogP contribution in [0.3, 0.4) is 0 Å². The number of aryl methyl sites for hydroxylation is 3. The summed E-state index contributed by atoms with van der Waals surface area (Å²) < 4.78 is 34.6. The van der Waals surface area contributed by atoms with Crippen LogP contribution in [-0.2, 0) is 17.1 Å². The zero-order chi connectivity index (χ0) is 25.5. The van der Waals surface area contributed by atoms with E-state index in [9.17, 15) is 13.2 Å². The lowest BCUT2D eigenvalue weighted by molar-refractivity contribution is -0.407. The summed E-state index contributed by atoms with van der Waals surface area (Å²) in [5.74, 6) is -0.238. The first-order valence-corrected chi connectivity index (χ1v) is 12.9. The number of amides is 1. The van der Waals surface area contributed by atoms with Gasteiger partial charge in [-0.05, 0) is 36.8 Å². The molecule has 11 heteroatoms. The summed E-state index contributed by atoms with van der Waals surface area (Å²) in [5.41, 5.74) is 3.36. The molecule has 3 heterocycles. The number of quaternary nitrogens is 1. The molecule has 0 saturated carbocycles. The molecule has 1 aromatic carbocycles. The summed E-state index contributed by atoms with van der Waals surface area (Å²) in [6.45, 7) is 10.3. The summed E-state index contributed by atoms with van der Waals surface area (Å²) in [7, 11) is -2.53. The molecular weight excluding hydrogens is 468 g/mol. The van der Waals surface area contributed by atoms with Gasteiger partial charge in [0.2, 0.25) is 10.9 Å². The Morgan fingerprint density at radius 3 is 2.49 bits per heavy atom. The van der Waals surface area contributed by atoms with Crippen molar-refractivity contribution < 1.29 is 22.7 Å². The summed E-state index contributed by atoms with van der Waals surface area (Å²) in [5, 5.41) is 6.95. The Kier molecular flexibility index (Phi) is 6.41. The van der Waals surface area contributed by atoms with Crippen molar-refractivity contribution in [3.05, 3.63) is 47.2 Å². The molecule has 1 amide bonds. The minimum atomic E-state index is -4.02. The first-order chi connectivity index (χ1) is 16.3. The lowest BCUT2D eigenvalue weighted by Gasteiger charge is -2.26. The van der Waals surface area contributed by atoms with Crippen molar-refractivity contribution in [1.29, 1.82) is 0 Å². The minimum Gasteiger partial charge on any atom is -0.475 e. The molecular formula is C24H31N6O4S+.